The molecule has 0 aliphatic carbocycles. The van der Waals surface area contributed by atoms with Crippen molar-refractivity contribution < 1.29 is 19.7 Å². The SMILES string of the molecule is CCC(CC(O)C(=O)O)c1ccccc1COc1ccccc1C. The van der Waals surface area contributed by atoms with Crippen molar-refractivity contribution in [3.63, 3.8) is 0 Å². The van der Waals surface area contributed by atoms with E-state index < -0.39 is 12.1 Å². The molecule has 2 atom stereocenters. The summed E-state index contributed by atoms with van der Waals surface area (Å²) in [7, 11) is 0. The number of aryl methyl sites for hydroxylation is 1. The van der Waals surface area contributed by atoms with E-state index in [0.717, 1.165) is 28.9 Å². The minimum Gasteiger partial charge on any atom is -0.489 e. The maximum atomic E-state index is 10.9. The van der Waals surface area contributed by atoms with E-state index in [2.05, 4.69) is 0 Å². The predicted molar refractivity (Wildman–Crippen MR) is 93.2 cm³/mol. The van der Waals surface area contributed by atoms with E-state index in [-0.39, 0.29) is 12.3 Å². The first-order valence-corrected chi connectivity index (χ1v) is 8.20. The number of ether oxygens (including phenoxy) is 1. The standard InChI is InChI=1S/C20H24O4/c1-3-15(12-18(21)20(22)23)17-10-6-5-9-16(17)13-24-19-11-7-4-8-14(19)2/h4-11,15,18,21H,3,12-13H2,1-2H3,(H,22,23). The van der Waals surface area contributed by atoms with Gasteiger partial charge in [0.2, 0.25) is 0 Å². The Balaban J connectivity index is 2.16. The zero-order chi connectivity index (χ0) is 17.5. The average Bonchev–Trinajstić information content (AvgIpc) is 2.59. The van der Waals surface area contributed by atoms with Crippen molar-refractivity contribution >= 4 is 5.97 Å². The number of rotatable bonds is 8. The summed E-state index contributed by atoms with van der Waals surface area (Å²) in [6.45, 7) is 4.41. The molecule has 128 valence electrons. The summed E-state index contributed by atoms with van der Waals surface area (Å²) >= 11 is 0. The number of benzene rings is 2. The molecule has 2 unspecified atom stereocenters. The molecule has 4 nitrogen and oxygen atoms in total. The van der Waals surface area contributed by atoms with Gasteiger partial charge in [-0.25, -0.2) is 4.79 Å². The number of aliphatic carboxylic acids is 1. The summed E-state index contributed by atoms with van der Waals surface area (Å²) in [5.74, 6) is -0.360. The van der Waals surface area contributed by atoms with Crippen molar-refractivity contribution in [1.82, 2.24) is 0 Å². The van der Waals surface area contributed by atoms with Gasteiger partial charge >= 0.3 is 5.97 Å². The summed E-state index contributed by atoms with van der Waals surface area (Å²) < 4.78 is 5.93. The highest BCUT2D eigenvalue weighted by molar-refractivity contribution is 5.72. The Hall–Kier alpha value is -2.33. The summed E-state index contributed by atoms with van der Waals surface area (Å²) in [6.07, 6.45) is -0.390. The fourth-order valence-electron chi connectivity index (χ4n) is 2.82. The van der Waals surface area contributed by atoms with Gasteiger partial charge in [0.05, 0.1) is 0 Å². The lowest BCUT2D eigenvalue weighted by Gasteiger charge is -2.21. The van der Waals surface area contributed by atoms with Crippen LogP contribution in [0, 0.1) is 6.92 Å². The second-order valence-corrected chi connectivity index (χ2v) is 5.95. The topological polar surface area (TPSA) is 66.8 Å². The maximum Gasteiger partial charge on any atom is 0.332 e. The van der Waals surface area contributed by atoms with E-state index in [0.29, 0.717) is 6.61 Å². The average molecular weight is 328 g/mol. The third-order valence-corrected chi connectivity index (χ3v) is 4.26. The van der Waals surface area contributed by atoms with Crippen LogP contribution in [0.3, 0.4) is 0 Å². The second-order valence-electron chi connectivity index (χ2n) is 5.95. The number of hydrogen-bond donors (Lipinski definition) is 2. The first kappa shape index (κ1) is 18.0. The first-order chi connectivity index (χ1) is 11.5. The van der Waals surface area contributed by atoms with Gasteiger partial charge in [-0.1, -0.05) is 49.4 Å². The summed E-state index contributed by atoms with van der Waals surface area (Å²) in [5, 5.41) is 18.6. The van der Waals surface area contributed by atoms with Gasteiger partial charge in [0.1, 0.15) is 12.4 Å². The van der Waals surface area contributed by atoms with Gasteiger partial charge in [0.15, 0.2) is 6.10 Å². The van der Waals surface area contributed by atoms with Gasteiger partial charge in [-0.05, 0) is 48.4 Å². The molecule has 0 radical (unpaired) electrons. The molecule has 0 bridgehead atoms. The van der Waals surface area contributed by atoms with Crippen LogP contribution >= 0.6 is 0 Å². The van der Waals surface area contributed by atoms with E-state index in [1.54, 1.807) is 0 Å². The maximum absolute atomic E-state index is 10.9. The van der Waals surface area contributed by atoms with Gasteiger partial charge in [-0.3, -0.25) is 0 Å². The van der Waals surface area contributed by atoms with Crippen molar-refractivity contribution in [3.05, 3.63) is 65.2 Å². The minimum absolute atomic E-state index is 0.0206. The number of hydrogen-bond acceptors (Lipinski definition) is 3. The van der Waals surface area contributed by atoms with Gasteiger partial charge in [-0.2, -0.15) is 0 Å². The number of carboxylic acid groups (broad SMARTS) is 1. The number of carboxylic acids is 1. The third-order valence-electron chi connectivity index (χ3n) is 4.26. The Morgan fingerprint density at radius 2 is 1.79 bits per heavy atom. The van der Waals surface area contributed by atoms with Crippen LogP contribution in [0.2, 0.25) is 0 Å². The lowest BCUT2D eigenvalue weighted by Crippen LogP contribution is -2.22. The quantitative estimate of drug-likeness (QED) is 0.771. The zero-order valence-electron chi connectivity index (χ0n) is 14.1. The Kier molecular flexibility index (Phi) is 6.38. The van der Waals surface area contributed by atoms with Gasteiger partial charge < -0.3 is 14.9 Å². The smallest absolute Gasteiger partial charge is 0.332 e. The van der Waals surface area contributed by atoms with Crippen LogP contribution in [0.4, 0.5) is 0 Å². The van der Waals surface area contributed by atoms with Crippen molar-refractivity contribution in [1.29, 1.82) is 0 Å². The molecule has 0 heterocycles. The molecule has 0 aliphatic rings. The number of carbonyl (C=O) groups is 1. The summed E-state index contributed by atoms with van der Waals surface area (Å²) in [5.41, 5.74) is 3.13. The molecule has 0 aromatic heterocycles. The Labute approximate surface area is 142 Å². The van der Waals surface area contributed by atoms with E-state index >= 15 is 0 Å². The van der Waals surface area contributed by atoms with Crippen LogP contribution in [-0.2, 0) is 11.4 Å². The Bertz CT molecular complexity index is 681. The molecule has 2 aromatic carbocycles. The molecule has 0 saturated carbocycles. The fourth-order valence-corrected chi connectivity index (χ4v) is 2.82. The Morgan fingerprint density at radius 3 is 2.46 bits per heavy atom. The highest BCUT2D eigenvalue weighted by Crippen LogP contribution is 2.29. The molecular formula is C20H24O4. The molecule has 0 aliphatic heterocycles. The number of aliphatic hydroxyl groups excluding tert-OH is 1. The van der Waals surface area contributed by atoms with Crippen LogP contribution < -0.4 is 4.74 Å². The van der Waals surface area contributed by atoms with E-state index in [1.165, 1.54) is 0 Å². The molecule has 0 saturated heterocycles. The van der Waals surface area contributed by atoms with Crippen LogP contribution in [0.5, 0.6) is 5.75 Å². The lowest BCUT2D eigenvalue weighted by atomic mass is 9.88. The van der Waals surface area contributed by atoms with E-state index in [4.69, 9.17) is 9.84 Å². The van der Waals surface area contributed by atoms with Crippen LogP contribution in [0.15, 0.2) is 48.5 Å². The normalized spacial score (nSPS) is 13.3. The molecule has 0 spiro atoms. The second kappa shape index (κ2) is 8.50. The van der Waals surface area contributed by atoms with Gasteiger partial charge in [0.25, 0.3) is 0 Å². The van der Waals surface area contributed by atoms with Crippen LogP contribution in [-0.4, -0.2) is 22.3 Å². The van der Waals surface area contributed by atoms with Crippen molar-refractivity contribution in [2.75, 3.05) is 0 Å². The minimum atomic E-state index is -1.35. The molecule has 2 N–H and O–H groups in total. The van der Waals surface area contributed by atoms with E-state index in [9.17, 15) is 9.90 Å². The largest absolute Gasteiger partial charge is 0.489 e. The lowest BCUT2D eigenvalue weighted by molar-refractivity contribution is -0.147. The monoisotopic (exact) mass is 328 g/mol. The molecule has 2 aromatic rings. The number of aliphatic hydroxyl groups is 1. The molecule has 0 amide bonds. The Morgan fingerprint density at radius 1 is 1.12 bits per heavy atom. The van der Waals surface area contributed by atoms with Crippen LogP contribution in [0.25, 0.3) is 0 Å². The van der Waals surface area contributed by atoms with Gasteiger partial charge in [0, 0.05) is 0 Å². The van der Waals surface area contributed by atoms with Crippen molar-refractivity contribution in [2.24, 2.45) is 0 Å². The fraction of sp³-hybridized carbons (Fsp3) is 0.350. The molecular weight excluding hydrogens is 304 g/mol. The molecule has 2 rings (SSSR count). The van der Waals surface area contributed by atoms with Crippen molar-refractivity contribution in [3.8, 4) is 5.75 Å². The third kappa shape index (κ3) is 4.59. The molecule has 24 heavy (non-hydrogen) atoms. The zero-order valence-corrected chi connectivity index (χ0v) is 14.1. The highest BCUT2D eigenvalue weighted by atomic mass is 16.5. The summed E-state index contributed by atoms with van der Waals surface area (Å²) in [4.78, 5) is 10.9. The number of para-hydroxylation sites is 1. The van der Waals surface area contributed by atoms with Gasteiger partial charge in [-0.15, -0.1) is 0 Å². The van der Waals surface area contributed by atoms with Crippen LogP contribution in [0.1, 0.15) is 42.4 Å². The molecule has 0 fully saturated rings. The first-order valence-electron chi connectivity index (χ1n) is 8.20. The predicted octanol–water partition coefficient (Wildman–Crippen LogP) is 3.90. The highest BCUT2D eigenvalue weighted by Gasteiger charge is 2.22. The molecule has 4 heteroatoms. The van der Waals surface area contributed by atoms with Crippen molar-refractivity contribution in [2.45, 2.75) is 45.3 Å². The summed E-state index contributed by atoms with van der Waals surface area (Å²) in [6, 6.07) is 15.7. The van der Waals surface area contributed by atoms with E-state index in [1.807, 2.05) is 62.4 Å².